The molecule has 146 valence electrons. The summed E-state index contributed by atoms with van der Waals surface area (Å²) in [5.41, 5.74) is -4.10. The number of hydrogen-bond donors (Lipinski definition) is 1. The molecule has 1 aromatic carbocycles. The molecule has 10 heteroatoms. The average Bonchev–Trinajstić information content (AvgIpc) is 3.18. The molecule has 2 aliphatic heterocycles. The van der Waals surface area contributed by atoms with E-state index in [4.69, 9.17) is 4.74 Å². The summed E-state index contributed by atoms with van der Waals surface area (Å²) in [5.74, 6) is -4.02. The lowest BCUT2D eigenvalue weighted by atomic mass is 10.1. The summed E-state index contributed by atoms with van der Waals surface area (Å²) in [6.07, 6.45) is -4.25. The van der Waals surface area contributed by atoms with Crippen molar-refractivity contribution in [3.8, 4) is 0 Å². The van der Waals surface area contributed by atoms with Crippen molar-refractivity contribution in [3.63, 3.8) is 0 Å². The molecule has 0 aromatic heterocycles. The Morgan fingerprint density at radius 2 is 2.11 bits per heavy atom. The molecule has 1 fully saturated rings. The average molecular weight is 387 g/mol. The van der Waals surface area contributed by atoms with E-state index >= 15 is 0 Å². The zero-order valence-corrected chi connectivity index (χ0v) is 14.3. The van der Waals surface area contributed by atoms with Gasteiger partial charge in [0.25, 0.3) is 11.8 Å². The molecule has 1 saturated heterocycles. The second-order valence-electron chi connectivity index (χ2n) is 6.35. The van der Waals surface area contributed by atoms with Gasteiger partial charge >= 0.3 is 11.8 Å². The molecule has 1 aromatic rings. The van der Waals surface area contributed by atoms with E-state index in [0.29, 0.717) is 13.0 Å². The van der Waals surface area contributed by atoms with Crippen molar-refractivity contribution in [1.29, 1.82) is 0 Å². The van der Waals surface area contributed by atoms with Crippen LogP contribution in [0.4, 0.5) is 17.6 Å². The maximum Gasteiger partial charge on any atom is 0.442 e. The van der Waals surface area contributed by atoms with Crippen molar-refractivity contribution in [2.45, 2.75) is 37.7 Å². The Morgan fingerprint density at radius 3 is 2.70 bits per heavy atom. The zero-order valence-electron chi connectivity index (χ0n) is 14.3. The smallest absolute Gasteiger partial charge is 0.376 e. The third-order valence-corrected chi connectivity index (χ3v) is 4.51. The van der Waals surface area contributed by atoms with Crippen molar-refractivity contribution in [1.82, 2.24) is 10.2 Å². The second kappa shape index (κ2) is 6.91. The predicted octanol–water partition coefficient (Wildman–Crippen LogP) is 2.25. The normalized spacial score (nSPS) is 25.7. The lowest BCUT2D eigenvalue weighted by Gasteiger charge is -2.29. The van der Waals surface area contributed by atoms with E-state index in [9.17, 15) is 27.2 Å². The van der Waals surface area contributed by atoms with E-state index in [2.05, 4.69) is 4.99 Å². The van der Waals surface area contributed by atoms with Crippen LogP contribution in [-0.4, -0.2) is 53.6 Å². The van der Waals surface area contributed by atoms with Crippen molar-refractivity contribution in [3.05, 3.63) is 35.6 Å². The third kappa shape index (κ3) is 3.41. The van der Waals surface area contributed by atoms with Crippen LogP contribution in [0.2, 0.25) is 0 Å². The number of alkyl halides is 3. The SMILES string of the molecule is CC1=NC(NC(=O)c2ccccc2F)(C(F)(F)F)C(=O)N1CC1CCCO1. The standard InChI is InChI=1S/C17H17F4N3O3/c1-10-22-16(17(19,20)21,15(26)24(10)9-11-5-4-8-27-11)23-14(25)12-6-2-3-7-13(12)18/h2-3,6-7,11H,4-5,8-9H2,1H3,(H,23,25). The first-order valence-corrected chi connectivity index (χ1v) is 8.29. The van der Waals surface area contributed by atoms with Gasteiger partial charge in [-0.05, 0) is 31.9 Å². The Kier molecular flexibility index (Phi) is 4.94. The van der Waals surface area contributed by atoms with Gasteiger partial charge in [0.15, 0.2) is 0 Å². The molecule has 3 rings (SSSR count). The van der Waals surface area contributed by atoms with Gasteiger partial charge in [-0.1, -0.05) is 12.1 Å². The first-order chi connectivity index (χ1) is 12.7. The molecule has 1 N–H and O–H groups in total. The zero-order chi connectivity index (χ0) is 19.8. The predicted molar refractivity (Wildman–Crippen MR) is 86.4 cm³/mol. The Hall–Kier alpha value is -2.49. The van der Waals surface area contributed by atoms with E-state index < -0.39 is 41.1 Å². The van der Waals surface area contributed by atoms with Gasteiger partial charge in [0.1, 0.15) is 11.7 Å². The number of amides is 2. The molecule has 2 atom stereocenters. The molecule has 2 unspecified atom stereocenters. The highest BCUT2D eigenvalue weighted by Gasteiger charge is 2.66. The molecule has 0 aliphatic carbocycles. The minimum atomic E-state index is -5.21. The molecule has 0 radical (unpaired) electrons. The van der Waals surface area contributed by atoms with Crippen LogP contribution < -0.4 is 5.32 Å². The minimum Gasteiger partial charge on any atom is -0.376 e. The number of nitrogens with zero attached hydrogens (tertiary/aromatic N) is 2. The topological polar surface area (TPSA) is 71.0 Å². The first-order valence-electron chi connectivity index (χ1n) is 8.29. The van der Waals surface area contributed by atoms with Gasteiger partial charge < -0.3 is 10.1 Å². The fraction of sp³-hybridized carbons (Fsp3) is 0.471. The van der Waals surface area contributed by atoms with E-state index in [0.717, 1.165) is 23.5 Å². The molecule has 0 spiro atoms. The number of rotatable bonds is 4. The van der Waals surface area contributed by atoms with Gasteiger partial charge in [0, 0.05) is 6.61 Å². The number of aliphatic imine (C=N–C) groups is 1. The van der Waals surface area contributed by atoms with Crippen LogP contribution in [-0.2, 0) is 9.53 Å². The highest BCUT2D eigenvalue weighted by molar-refractivity contribution is 6.10. The molecular weight excluding hydrogens is 370 g/mol. The lowest BCUT2D eigenvalue weighted by molar-refractivity contribution is -0.196. The quantitative estimate of drug-likeness (QED) is 0.806. The molecule has 2 amide bonds. The van der Waals surface area contributed by atoms with E-state index in [1.165, 1.54) is 19.1 Å². The maximum atomic E-state index is 13.8. The van der Waals surface area contributed by atoms with Gasteiger partial charge in [0.05, 0.1) is 18.2 Å². The Labute approximate surface area is 152 Å². The number of benzene rings is 1. The van der Waals surface area contributed by atoms with Crippen LogP contribution in [0.5, 0.6) is 0 Å². The van der Waals surface area contributed by atoms with Crippen LogP contribution in [0.3, 0.4) is 0 Å². The number of nitrogens with one attached hydrogen (secondary N) is 1. The van der Waals surface area contributed by atoms with Crippen molar-refractivity contribution >= 4 is 17.6 Å². The van der Waals surface area contributed by atoms with Gasteiger partial charge in [0.2, 0.25) is 0 Å². The van der Waals surface area contributed by atoms with Crippen LogP contribution in [0, 0.1) is 5.82 Å². The number of hydrogen-bond acceptors (Lipinski definition) is 4. The monoisotopic (exact) mass is 387 g/mol. The number of carbonyl (C=O) groups is 2. The molecule has 6 nitrogen and oxygen atoms in total. The van der Waals surface area contributed by atoms with Crippen LogP contribution >= 0.6 is 0 Å². The minimum absolute atomic E-state index is 0.0957. The number of ether oxygens (including phenoxy) is 1. The Morgan fingerprint density at radius 1 is 1.41 bits per heavy atom. The Balaban J connectivity index is 1.91. The summed E-state index contributed by atoms with van der Waals surface area (Å²) < 4.78 is 60.6. The fourth-order valence-electron chi connectivity index (χ4n) is 3.11. The van der Waals surface area contributed by atoms with Crippen molar-refractivity contribution in [2.24, 2.45) is 4.99 Å². The van der Waals surface area contributed by atoms with Gasteiger partial charge in [-0.2, -0.15) is 13.2 Å². The second-order valence-corrected chi connectivity index (χ2v) is 6.35. The highest BCUT2D eigenvalue weighted by atomic mass is 19.4. The lowest BCUT2D eigenvalue weighted by Crippen LogP contribution is -2.63. The van der Waals surface area contributed by atoms with Crippen LogP contribution in [0.15, 0.2) is 29.3 Å². The first kappa shape index (κ1) is 19.3. The van der Waals surface area contributed by atoms with Gasteiger partial charge in [-0.15, -0.1) is 0 Å². The molecule has 2 aliphatic rings. The molecule has 2 heterocycles. The number of halogens is 4. The Bertz CT molecular complexity index is 790. The largest absolute Gasteiger partial charge is 0.442 e. The molecule has 27 heavy (non-hydrogen) atoms. The van der Waals surface area contributed by atoms with Gasteiger partial charge in [-0.3, -0.25) is 14.5 Å². The van der Waals surface area contributed by atoms with E-state index in [1.807, 2.05) is 0 Å². The van der Waals surface area contributed by atoms with Crippen molar-refractivity contribution < 1.29 is 31.9 Å². The summed E-state index contributed by atoms with van der Waals surface area (Å²) in [6.45, 7) is 1.62. The van der Waals surface area contributed by atoms with Crippen LogP contribution in [0.1, 0.15) is 30.1 Å². The number of carbonyl (C=O) groups excluding carboxylic acids is 2. The van der Waals surface area contributed by atoms with Crippen molar-refractivity contribution in [2.75, 3.05) is 13.2 Å². The highest BCUT2D eigenvalue weighted by Crippen LogP contribution is 2.38. The summed E-state index contributed by atoms with van der Waals surface area (Å²) in [5, 5.41) is 1.60. The maximum absolute atomic E-state index is 13.8. The van der Waals surface area contributed by atoms with Gasteiger partial charge in [-0.25, -0.2) is 9.38 Å². The summed E-state index contributed by atoms with van der Waals surface area (Å²) in [7, 11) is 0. The summed E-state index contributed by atoms with van der Waals surface area (Å²) >= 11 is 0. The van der Waals surface area contributed by atoms with E-state index in [-0.39, 0.29) is 12.4 Å². The van der Waals surface area contributed by atoms with Crippen LogP contribution in [0.25, 0.3) is 0 Å². The number of amidine groups is 1. The third-order valence-electron chi connectivity index (χ3n) is 4.51. The molecule has 0 bridgehead atoms. The fourth-order valence-corrected chi connectivity index (χ4v) is 3.11. The summed E-state index contributed by atoms with van der Waals surface area (Å²) in [6, 6.07) is 4.55. The summed E-state index contributed by atoms with van der Waals surface area (Å²) in [4.78, 5) is 29.2. The molecular formula is C17H17F4N3O3. The molecule has 0 saturated carbocycles. The van der Waals surface area contributed by atoms with E-state index in [1.54, 1.807) is 5.32 Å².